The Hall–Kier alpha value is -2.59. The number of benzene rings is 3. The second kappa shape index (κ2) is 13.7. The van der Waals surface area contributed by atoms with Gasteiger partial charge in [-0.3, -0.25) is 0 Å². The highest BCUT2D eigenvalue weighted by molar-refractivity contribution is 7.92. The highest BCUT2D eigenvalue weighted by Crippen LogP contribution is 2.34. The van der Waals surface area contributed by atoms with Crippen LogP contribution in [0.5, 0.6) is 0 Å². The van der Waals surface area contributed by atoms with Crippen molar-refractivity contribution in [2.45, 2.75) is 74.7 Å². The fourth-order valence-corrected chi connectivity index (χ4v) is 6.92. The predicted octanol–water partition coefficient (Wildman–Crippen LogP) is 4.68. The van der Waals surface area contributed by atoms with Crippen molar-refractivity contribution in [1.82, 2.24) is 5.32 Å². The summed E-state index contributed by atoms with van der Waals surface area (Å²) in [5, 5.41) is 2.41. The molecule has 0 bridgehead atoms. The molecule has 210 valence electrons. The molecule has 0 aromatic heterocycles. The number of ether oxygens (including phenoxy) is 4. The standard InChI is InChI=1S/C31H39NO6S/c1-22(2)32-28-30(39(33,34)26-17-15-23(3)16-18-26)29(37-20-25-13-9-6-10-14-25)27(38-31(28)35-4)21-36-19-24-11-7-5-8-12-24/h5-18,22,27-32H,19-21H2,1-4H3/t27-,28-,29-,30-,31+/m1/s1. The molecule has 1 fully saturated rings. The first kappa shape index (κ1) is 29.4. The van der Waals surface area contributed by atoms with Gasteiger partial charge in [0.25, 0.3) is 0 Å². The average Bonchev–Trinajstić information content (AvgIpc) is 2.93. The van der Waals surface area contributed by atoms with Crippen molar-refractivity contribution in [3.05, 3.63) is 102 Å². The highest BCUT2D eigenvalue weighted by atomic mass is 32.2. The van der Waals surface area contributed by atoms with E-state index in [0.29, 0.717) is 6.61 Å². The molecule has 4 rings (SSSR count). The van der Waals surface area contributed by atoms with Crippen LogP contribution in [0.2, 0.25) is 0 Å². The van der Waals surface area contributed by atoms with E-state index in [4.69, 9.17) is 18.9 Å². The summed E-state index contributed by atoms with van der Waals surface area (Å²) in [6.45, 7) is 6.61. The van der Waals surface area contributed by atoms with Gasteiger partial charge < -0.3 is 24.3 Å². The summed E-state index contributed by atoms with van der Waals surface area (Å²) in [6, 6.07) is 25.8. The Balaban J connectivity index is 1.70. The minimum absolute atomic E-state index is 0.0207. The molecule has 3 aromatic rings. The van der Waals surface area contributed by atoms with Crippen molar-refractivity contribution in [2.24, 2.45) is 0 Å². The zero-order valence-electron chi connectivity index (χ0n) is 23.0. The van der Waals surface area contributed by atoms with Gasteiger partial charge in [-0.15, -0.1) is 0 Å². The predicted molar refractivity (Wildman–Crippen MR) is 151 cm³/mol. The third-order valence-electron chi connectivity index (χ3n) is 6.79. The number of methoxy groups -OCH3 is 1. The molecule has 1 aliphatic rings. The monoisotopic (exact) mass is 553 g/mol. The molecule has 0 radical (unpaired) electrons. The molecule has 0 aliphatic carbocycles. The van der Waals surface area contributed by atoms with Crippen LogP contribution in [0.4, 0.5) is 0 Å². The number of hydrogen-bond acceptors (Lipinski definition) is 7. The average molecular weight is 554 g/mol. The normalized spacial score (nSPS) is 23.7. The number of aryl methyl sites for hydroxylation is 1. The zero-order valence-corrected chi connectivity index (χ0v) is 23.8. The molecule has 0 spiro atoms. The molecule has 0 saturated carbocycles. The van der Waals surface area contributed by atoms with E-state index in [9.17, 15) is 8.42 Å². The molecule has 39 heavy (non-hydrogen) atoms. The molecule has 1 N–H and O–H groups in total. The van der Waals surface area contributed by atoms with Crippen molar-refractivity contribution >= 4 is 9.84 Å². The largest absolute Gasteiger partial charge is 0.374 e. The highest BCUT2D eigenvalue weighted by Gasteiger charge is 2.53. The van der Waals surface area contributed by atoms with Gasteiger partial charge in [0.15, 0.2) is 16.1 Å². The summed E-state index contributed by atoms with van der Waals surface area (Å²) in [6.07, 6.45) is -2.33. The van der Waals surface area contributed by atoms with Crippen LogP contribution in [-0.4, -0.2) is 58.0 Å². The van der Waals surface area contributed by atoms with Gasteiger partial charge >= 0.3 is 0 Å². The van der Waals surface area contributed by atoms with Gasteiger partial charge in [0, 0.05) is 13.2 Å². The van der Waals surface area contributed by atoms with E-state index in [-0.39, 0.29) is 24.2 Å². The maximum absolute atomic E-state index is 14.3. The Bertz CT molecular complexity index is 1250. The topological polar surface area (TPSA) is 83.1 Å². The van der Waals surface area contributed by atoms with Crippen LogP contribution in [0.1, 0.15) is 30.5 Å². The number of rotatable bonds is 12. The third kappa shape index (κ3) is 7.54. The molecule has 1 aliphatic heterocycles. The summed E-state index contributed by atoms with van der Waals surface area (Å²) in [5.74, 6) is 0. The van der Waals surface area contributed by atoms with Crippen molar-refractivity contribution in [3.8, 4) is 0 Å². The lowest BCUT2D eigenvalue weighted by atomic mass is 9.98. The van der Waals surface area contributed by atoms with Gasteiger partial charge in [-0.05, 0) is 30.2 Å². The fraction of sp³-hybridized carbons (Fsp3) is 0.419. The fourth-order valence-electron chi connectivity index (χ4n) is 4.89. The minimum Gasteiger partial charge on any atom is -0.374 e. The van der Waals surface area contributed by atoms with E-state index in [1.807, 2.05) is 93.6 Å². The van der Waals surface area contributed by atoms with Gasteiger partial charge in [0.2, 0.25) is 0 Å². The lowest BCUT2D eigenvalue weighted by Gasteiger charge is -2.46. The Kier molecular flexibility index (Phi) is 10.3. The lowest BCUT2D eigenvalue weighted by Crippen LogP contribution is -2.67. The van der Waals surface area contributed by atoms with Crippen LogP contribution in [-0.2, 0) is 42.0 Å². The van der Waals surface area contributed by atoms with Gasteiger partial charge in [-0.2, -0.15) is 0 Å². The number of hydrogen-bond donors (Lipinski definition) is 1. The molecule has 8 heteroatoms. The quantitative estimate of drug-likeness (QED) is 0.349. The molecule has 3 aromatic carbocycles. The number of nitrogens with one attached hydrogen (secondary N) is 1. The molecule has 1 saturated heterocycles. The minimum atomic E-state index is -3.88. The van der Waals surface area contributed by atoms with E-state index in [1.54, 1.807) is 12.1 Å². The van der Waals surface area contributed by atoms with Crippen LogP contribution in [0.25, 0.3) is 0 Å². The first-order chi connectivity index (χ1) is 18.8. The lowest BCUT2D eigenvalue weighted by molar-refractivity contribution is -0.245. The van der Waals surface area contributed by atoms with Gasteiger partial charge in [0.1, 0.15) is 17.5 Å². The van der Waals surface area contributed by atoms with E-state index < -0.39 is 39.6 Å². The summed E-state index contributed by atoms with van der Waals surface area (Å²) >= 11 is 0. The van der Waals surface area contributed by atoms with Crippen LogP contribution in [0.15, 0.2) is 89.8 Å². The Morgan fingerprint density at radius 1 is 0.872 bits per heavy atom. The van der Waals surface area contributed by atoms with E-state index in [1.165, 1.54) is 7.11 Å². The first-order valence-corrected chi connectivity index (χ1v) is 14.9. The van der Waals surface area contributed by atoms with Crippen molar-refractivity contribution < 1.29 is 27.4 Å². The van der Waals surface area contributed by atoms with Gasteiger partial charge in [-0.25, -0.2) is 8.42 Å². The summed E-state index contributed by atoms with van der Waals surface area (Å²) in [5.41, 5.74) is 2.94. The van der Waals surface area contributed by atoms with Crippen LogP contribution in [0.3, 0.4) is 0 Å². The molecular formula is C31H39NO6S. The van der Waals surface area contributed by atoms with Gasteiger partial charge in [0.05, 0.1) is 30.8 Å². The third-order valence-corrected chi connectivity index (χ3v) is 9.00. The van der Waals surface area contributed by atoms with E-state index >= 15 is 0 Å². The molecule has 0 unspecified atom stereocenters. The van der Waals surface area contributed by atoms with E-state index in [0.717, 1.165) is 16.7 Å². The maximum Gasteiger partial charge on any atom is 0.185 e. The molecule has 5 atom stereocenters. The second-order valence-electron chi connectivity index (χ2n) is 10.2. The summed E-state index contributed by atoms with van der Waals surface area (Å²) < 4.78 is 53.3. The molecule has 1 heterocycles. The van der Waals surface area contributed by atoms with Crippen LogP contribution < -0.4 is 5.32 Å². The smallest absolute Gasteiger partial charge is 0.185 e. The maximum atomic E-state index is 14.3. The summed E-state index contributed by atoms with van der Waals surface area (Å²) in [4.78, 5) is 0.239. The molecular weight excluding hydrogens is 514 g/mol. The van der Waals surface area contributed by atoms with Crippen LogP contribution in [0, 0.1) is 6.92 Å². The Morgan fingerprint density at radius 3 is 2.03 bits per heavy atom. The Morgan fingerprint density at radius 2 is 1.46 bits per heavy atom. The summed E-state index contributed by atoms with van der Waals surface area (Å²) in [7, 11) is -2.35. The second-order valence-corrected chi connectivity index (χ2v) is 12.3. The van der Waals surface area contributed by atoms with Crippen molar-refractivity contribution in [2.75, 3.05) is 13.7 Å². The Labute approximate surface area is 232 Å². The zero-order chi connectivity index (χ0) is 27.8. The first-order valence-electron chi connectivity index (χ1n) is 13.3. The van der Waals surface area contributed by atoms with Crippen LogP contribution >= 0.6 is 0 Å². The molecule has 7 nitrogen and oxygen atoms in total. The van der Waals surface area contributed by atoms with E-state index in [2.05, 4.69) is 5.32 Å². The van der Waals surface area contributed by atoms with Crippen molar-refractivity contribution in [1.29, 1.82) is 0 Å². The van der Waals surface area contributed by atoms with Gasteiger partial charge in [-0.1, -0.05) is 92.2 Å². The van der Waals surface area contributed by atoms with Crippen molar-refractivity contribution in [3.63, 3.8) is 0 Å². The molecule has 0 amide bonds. The number of sulfone groups is 1. The SMILES string of the molecule is CO[C@H]1O[C@H](COCc2ccccc2)[C@@H](OCc2ccccc2)[C@H](S(=O)(=O)c2ccc(C)cc2)[C@H]1NC(C)C.